The average Bonchev–Trinajstić information content (AvgIpc) is 2.25. The summed E-state index contributed by atoms with van der Waals surface area (Å²) in [6.07, 6.45) is 0. The predicted molar refractivity (Wildman–Crippen MR) is 43.7 cm³/mol. The number of thiophene rings is 1. The molecule has 0 radical (unpaired) electrons. The molecular formula is C7H12O2S. The molecule has 2 N–H and O–H groups in total. The van der Waals surface area contributed by atoms with Crippen LogP contribution in [-0.4, -0.2) is 10.2 Å². The summed E-state index contributed by atoms with van der Waals surface area (Å²) >= 11 is 1.33. The Kier molecular flexibility index (Phi) is 3.88. The lowest BCUT2D eigenvalue weighted by Gasteiger charge is -1.84. The SMILES string of the molecule is CC.Cc1scc(O)c1O. The average molecular weight is 160 g/mol. The summed E-state index contributed by atoms with van der Waals surface area (Å²) in [5, 5.41) is 19.0. The highest BCUT2D eigenvalue weighted by Crippen LogP contribution is 2.33. The zero-order valence-electron chi connectivity index (χ0n) is 6.38. The molecule has 0 aliphatic carbocycles. The van der Waals surface area contributed by atoms with Gasteiger partial charge in [-0.05, 0) is 6.92 Å². The van der Waals surface area contributed by atoms with Gasteiger partial charge in [-0.25, -0.2) is 0 Å². The molecule has 2 nitrogen and oxygen atoms in total. The van der Waals surface area contributed by atoms with Crippen LogP contribution in [0.3, 0.4) is 0 Å². The van der Waals surface area contributed by atoms with Gasteiger partial charge in [0.1, 0.15) is 0 Å². The van der Waals surface area contributed by atoms with Crippen LogP contribution in [-0.2, 0) is 0 Å². The van der Waals surface area contributed by atoms with Crippen molar-refractivity contribution < 1.29 is 10.2 Å². The van der Waals surface area contributed by atoms with Crippen LogP contribution in [0.5, 0.6) is 11.5 Å². The van der Waals surface area contributed by atoms with Gasteiger partial charge in [-0.15, -0.1) is 11.3 Å². The van der Waals surface area contributed by atoms with Gasteiger partial charge < -0.3 is 10.2 Å². The van der Waals surface area contributed by atoms with E-state index in [1.54, 1.807) is 6.92 Å². The molecule has 0 aromatic carbocycles. The van der Waals surface area contributed by atoms with Crippen LogP contribution >= 0.6 is 11.3 Å². The van der Waals surface area contributed by atoms with Gasteiger partial charge >= 0.3 is 0 Å². The lowest BCUT2D eigenvalue weighted by molar-refractivity contribution is 0.405. The Hall–Kier alpha value is -0.700. The minimum absolute atomic E-state index is 0.00926. The molecule has 0 unspecified atom stereocenters. The van der Waals surface area contributed by atoms with E-state index in [-0.39, 0.29) is 11.5 Å². The van der Waals surface area contributed by atoms with Crippen LogP contribution in [0.4, 0.5) is 0 Å². The summed E-state index contributed by atoms with van der Waals surface area (Å²) in [5.74, 6) is -0.0116. The van der Waals surface area contributed by atoms with Crippen molar-refractivity contribution in [2.24, 2.45) is 0 Å². The van der Waals surface area contributed by atoms with Crippen molar-refractivity contribution in [3.05, 3.63) is 10.3 Å². The summed E-state index contributed by atoms with van der Waals surface area (Å²) in [5.41, 5.74) is 0. The lowest BCUT2D eigenvalue weighted by Crippen LogP contribution is -1.58. The first-order valence-electron chi connectivity index (χ1n) is 3.18. The van der Waals surface area contributed by atoms with Crippen molar-refractivity contribution in [3.63, 3.8) is 0 Å². The third-order valence-electron chi connectivity index (χ3n) is 0.923. The van der Waals surface area contributed by atoms with Crippen LogP contribution in [0.15, 0.2) is 5.38 Å². The highest BCUT2D eigenvalue weighted by Gasteiger charge is 2.02. The van der Waals surface area contributed by atoms with Crippen LogP contribution in [0.2, 0.25) is 0 Å². The topological polar surface area (TPSA) is 40.5 Å². The van der Waals surface area contributed by atoms with E-state index in [1.807, 2.05) is 13.8 Å². The molecule has 0 saturated carbocycles. The Labute approximate surface area is 64.8 Å². The molecule has 0 aliphatic heterocycles. The second-order valence-electron chi connectivity index (χ2n) is 1.53. The van der Waals surface area contributed by atoms with Gasteiger partial charge in [0.2, 0.25) is 0 Å². The van der Waals surface area contributed by atoms with Crippen LogP contribution in [0.25, 0.3) is 0 Å². The predicted octanol–water partition coefficient (Wildman–Crippen LogP) is 2.49. The summed E-state index contributed by atoms with van der Waals surface area (Å²) in [6, 6.07) is 0. The number of hydrogen-bond donors (Lipinski definition) is 2. The molecule has 1 heterocycles. The molecule has 0 spiro atoms. The number of hydrogen-bond acceptors (Lipinski definition) is 3. The third kappa shape index (κ3) is 1.92. The highest BCUT2D eigenvalue weighted by molar-refractivity contribution is 7.10. The standard InChI is InChI=1S/C5H6O2S.C2H6/c1-3-5(7)4(6)2-8-3;1-2/h2,6-7H,1H3;1-2H3. The Bertz CT molecular complexity index is 174. The maximum absolute atomic E-state index is 8.81. The second-order valence-corrected chi connectivity index (χ2v) is 2.61. The molecule has 58 valence electrons. The van der Waals surface area contributed by atoms with E-state index in [9.17, 15) is 0 Å². The van der Waals surface area contributed by atoms with Gasteiger partial charge in [-0.2, -0.15) is 0 Å². The van der Waals surface area contributed by atoms with E-state index >= 15 is 0 Å². The van der Waals surface area contributed by atoms with Crippen molar-refractivity contribution in [3.8, 4) is 11.5 Å². The van der Waals surface area contributed by atoms with E-state index in [4.69, 9.17) is 10.2 Å². The van der Waals surface area contributed by atoms with Gasteiger partial charge in [0.05, 0.1) is 0 Å². The van der Waals surface area contributed by atoms with Crippen LogP contribution in [0, 0.1) is 6.92 Å². The van der Waals surface area contributed by atoms with Crippen molar-refractivity contribution in [2.45, 2.75) is 20.8 Å². The fourth-order valence-corrected chi connectivity index (χ4v) is 1.05. The molecule has 0 fully saturated rings. The highest BCUT2D eigenvalue weighted by atomic mass is 32.1. The summed E-state index contributed by atoms with van der Waals surface area (Å²) in [4.78, 5) is 0.752. The van der Waals surface area contributed by atoms with Gasteiger partial charge in [0.15, 0.2) is 11.5 Å². The molecule has 0 saturated heterocycles. The number of rotatable bonds is 0. The van der Waals surface area contributed by atoms with Crippen LogP contribution in [0.1, 0.15) is 18.7 Å². The number of aryl methyl sites for hydroxylation is 1. The monoisotopic (exact) mass is 160 g/mol. The quantitative estimate of drug-likeness (QED) is 0.612. The van der Waals surface area contributed by atoms with Gasteiger partial charge in [-0.1, -0.05) is 13.8 Å². The van der Waals surface area contributed by atoms with Crippen LogP contribution < -0.4 is 0 Å². The van der Waals surface area contributed by atoms with Gasteiger partial charge in [0, 0.05) is 10.3 Å². The molecule has 1 aromatic rings. The first-order chi connectivity index (χ1) is 4.72. The fourth-order valence-electron chi connectivity index (χ4n) is 0.436. The Morgan fingerprint density at radius 3 is 1.90 bits per heavy atom. The third-order valence-corrected chi connectivity index (χ3v) is 1.81. The summed E-state index contributed by atoms with van der Waals surface area (Å²) < 4.78 is 0. The van der Waals surface area contributed by atoms with E-state index in [1.165, 1.54) is 16.7 Å². The zero-order chi connectivity index (χ0) is 8.15. The Morgan fingerprint density at radius 2 is 1.80 bits per heavy atom. The molecule has 0 bridgehead atoms. The Balaban J connectivity index is 0.000000371. The van der Waals surface area contributed by atoms with Crippen molar-refractivity contribution >= 4 is 11.3 Å². The van der Waals surface area contributed by atoms with E-state index < -0.39 is 0 Å². The normalized spacial score (nSPS) is 8.30. The van der Waals surface area contributed by atoms with E-state index in [2.05, 4.69) is 0 Å². The zero-order valence-corrected chi connectivity index (χ0v) is 7.20. The Morgan fingerprint density at radius 1 is 1.30 bits per heavy atom. The summed E-state index contributed by atoms with van der Waals surface area (Å²) in [6.45, 7) is 5.75. The molecular weight excluding hydrogens is 148 g/mol. The molecule has 10 heavy (non-hydrogen) atoms. The molecule has 0 amide bonds. The van der Waals surface area contributed by atoms with Crippen molar-refractivity contribution in [1.29, 1.82) is 0 Å². The number of aromatic hydroxyl groups is 2. The van der Waals surface area contributed by atoms with Gasteiger partial charge in [-0.3, -0.25) is 0 Å². The lowest BCUT2D eigenvalue weighted by atomic mass is 10.4. The molecule has 3 heteroatoms. The van der Waals surface area contributed by atoms with Crippen molar-refractivity contribution in [2.75, 3.05) is 0 Å². The molecule has 1 aromatic heterocycles. The van der Waals surface area contributed by atoms with Crippen molar-refractivity contribution in [1.82, 2.24) is 0 Å². The van der Waals surface area contributed by atoms with Gasteiger partial charge in [0.25, 0.3) is 0 Å². The largest absolute Gasteiger partial charge is 0.504 e. The fraction of sp³-hybridized carbons (Fsp3) is 0.429. The maximum atomic E-state index is 8.81. The minimum Gasteiger partial charge on any atom is -0.504 e. The molecule has 1 rings (SSSR count). The van der Waals surface area contributed by atoms with E-state index in [0.29, 0.717) is 0 Å². The first kappa shape index (κ1) is 9.30. The second kappa shape index (κ2) is 4.17. The minimum atomic E-state index is -0.0208. The first-order valence-corrected chi connectivity index (χ1v) is 4.06. The molecule has 0 atom stereocenters. The smallest absolute Gasteiger partial charge is 0.171 e. The maximum Gasteiger partial charge on any atom is 0.171 e. The molecule has 0 aliphatic rings. The van der Waals surface area contributed by atoms with E-state index in [0.717, 1.165) is 4.88 Å². The summed E-state index contributed by atoms with van der Waals surface area (Å²) in [7, 11) is 0.